The minimum atomic E-state index is -3.53. The summed E-state index contributed by atoms with van der Waals surface area (Å²) in [6, 6.07) is 16.8. The maximum Gasteiger partial charge on any atom is 0.282 e. The molecule has 3 rings (SSSR count). The zero-order valence-electron chi connectivity index (χ0n) is 18.0. The van der Waals surface area contributed by atoms with Crippen molar-refractivity contribution >= 4 is 21.6 Å². The highest BCUT2D eigenvalue weighted by Gasteiger charge is 2.30. The highest BCUT2D eigenvalue weighted by molar-refractivity contribution is 7.89. The molecule has 1 amide bonds. The van der Waals surface area contributed by atoms with Crippen LogP contribution in [0.1, 0.15) is 25.3 Å². The van der Waals surface area contributed by atoms with Gasteiger partial charge in [0.25, 0.3) is 5.91 Å². The Morgan fingerprint density at radius 2 is 1.77 bits per heavy atom. The number of nitrogens with one attached hydrogen (secondary N) is 2. The van der Waals surface area contributed by atoms with Gasteiger partial charge in [-0.05, 0) is 55.9 Å². The Balaban J connectivity index is 1.55. The van der Waals surface area contributed by atoms with Crippen molar-refractivity contribution in [3.05, 3.63) is 60.2 Å². The van der Waals surface area contributed by atoms with Gasteiger partial charge in [0.1, 0.15) is 0 Å². The second kappa shape index (κ2) is 9.73. The number of quaternary nitrogens is 1. The van der Waals surface area contributed by atoms with Crippen molar-refractivity contribution in [1.29, 1.82) is 0 Å². The Bertz CT molecular complexity index is 953. The lowest BCUT2D eigenvalue weighted by molar-refractivity contribution is -0.919. The summed E-state index contributed by atoms with van der Waals surface area (Å²) in [5.74, 6) is 0.588. The van der Waals surface area contributed by atoms with Gasteiger partial charge in [-0.15, -0.1) is 0 Å². The molecule has 162 valence electrons. The maximum atomic E-state index is 12.8. The van der Waals surface area contributed by atoms with E-state index in [1.54, 1.807) is 12.1 Å². The lowest BCUT2D eigenvalue weighted by atomic mass is 9.89. The predicted molar refractivity (Wildman–Crippen MR) is 119 cm³/mol. The van der Waals surface area contributed by atoms with Crippen LogP contribution in [0, 0.1) is 5.92 Å². The molecule has 0 saturated carbocycles. The molecule has 1 fully saturated rings. The molecule has 6 nitrogen and oxygen atoms in total. The summed E-state index contributed by atoms with van der Waals surface area (Å²) in [7, 11) is -0.544. The number of benzene rings is 2. The van der Waals surface area contributed by atoms with E-state index in [0.29, 0.717) is 11.6 Å². The summed E-state index contributed by atoms with van der Waals surface area (Å²) in [5.41, 5.74) is 1.89. The number of anilines is 1. The van der Waals surface area contributed by atoms with Gasteiger partial charge in [-0.1, -0.05) is 36.4 Å². The molecule has 1 aliphatic heterocycles. The first-order valence-electron chi connectivity index (χ1n) is 10.5. The first-order chi connectivity index (χ1) is 14.3. The van der Waals surface area contributed by atoms with Gasteiger partial charge in [0.2, 0.25) is 10.0 Å². The Labute approximate surface area is 179 Å². The van der Waals surface area contributed by atoms with Gasteiger partial charge in [0, 0.05) is 19.8 Å². The molecule has 2 N–H and O–H groups in total. The van der Waals surface area contributed by atoms with Gasteiger partial charge in [0.05, 0.1) is 18.0 Å². The number of hydrogen-bond donors (Lipinski definition) is 2. The molecule has 0 bridgehead atoms. The average Bonchev–Trinajstić information content (AvgIpc) is 2.74. The van der Waals surface area contributed by atoms with Crippen molar-refractivity contribution in [2.45, 2.75) is 37.1 Å². The van der Waals surface area contributed by atoms with Crippen molar-refractivity contribution in [3.63, 3.8) is 0 Å². The molecule has 0 aromatic heterocycles. The van der Waals surface area contributed by atoms with E-state index >= 15 is 0 Å². The van der Waals surface area contributed by atoms with E-state index < -0.39 is 10.0 Å². The van der Waals surface area contributed by atoms with Gasteiger partial charge in [-0.25, -0.2) is 12.7 Å². The standard InChI is InChI=1S/C23H31N3O3S/c1-18(26-14-12-20(13-15-26)16-19-8-5-4-6-9-19)23(27)24-21-10-7-11-22(17-21)30(28,29)25(2)3/h4-11,17-18,20H,12-16H2,1-3H3,(H,24,27)/p+1/t18-/m0/s1. The molecule has 1 atom stereocenters. The molecule has 0 spiro atoms. The fourth-order valence-corrected chi connectivity index (χ4v) is 4.96. The van der Waals surface area contributed by atoms with Crippen molar-refractivity contribution in [2.24, 2.45) is 5.92 Å². The third-order valence-electron chi connectivity index (χ3n) is 6.00. The third kappa shape index (κ3) is 5.47. The van der Waals surface area contributed by atoms with Crippen LogP contribution in [-0.2, 0) is 21.2 Å². The minimum absolute atomic E-state index is 0.0779. The van der Waals surface area contributed by atoms with Crippen LogP contribution in [0.25, 0.3) is 0 Å². The summed E-state index contributed by atoms with van der Waals surface area (Å²) >= 11 is 0. The van der Waals surface area contributed by atoms with Gasteiger partial charge >= 0.3 is 0 Å². The molecule has 1 aliphatic rings. The summed E-state index contributed by atoms with van der Waals surface area (Å²) in [4.78, 5) is 14.2. The molecule has 30 heavy (non-hydrogen) atoms. The Morgan fingerprint density at radius 3 is 2.40 bits per heavy atom. The molecular formula is C23H32N3O3S+. The number of carbonyl (C=O) groups is 1. The number of likely N-dealkylation sites (tertiary alicyclic amines) is 1. The zero-order valence-corrected chi connectivity index (χ0v) is 18.8. The van der Waals surface area contributed by atoms with E-state index in [1.807, 2.05) is 13.0 Å². The van der Waals surface area contributed by atoms with E-state index in [1.165, 1.54) is 41.0 Å². The second-order valence-corrected chi connectivity index (χ2v) is 10.5. The number of nitrogens with zero attached hydrogens (tertiary/aromatic N) is 1. The SMILES string of the molecule is C[C@@H](C(=O)Nc1cccc(S(=O)(=O)N(C)C)c1)[NH+]1CCC(Cc2ccccc2)CC1. The van der Waals surface area contributed by atoms with Crippen LogP contribution < -0.4 is 10.2 Å². The molecule has 7 heteroatoms. The summed E-state index contributed by atoms with van der Waals surface area (Å²) < 4.78 is 25.8. The Hall–Kier alpha value is -2.22. The van der Waals surface area contributed by atoms with Crippen LogP contribution in [0.15, 0.2) is 59.5 Å². The number of carbonyl (C=O) groups excluding carboxylic acids is 1. The first kappa shape index (κ1) is 22.5. The summed E-state index contributed by atoms with van der Waals surface area (Å²) in [6.07, 6.45) is 3.32. The highest BCUT2D eigenvalue weighted by atomic mass is 32.2. The van der Waals surface area contributed by atoms with E-state index in [9.17, 15) is 13.2 Å². The molecule has 0 radical (unpaired) electrons. The molecule has 1 saturated heterocycles. The second-order valence-electron chi connectivity index (χ2n) is 8.32. The van der Waals surface area contributed by atoms with Gasteiger partial charge in [-0.3, -0.25) is 4.79 Å². The van der Waals surface area contributed by atoms with Crippen LogP contribution in [0.4, 0.5) is 5.69 Å². The first-order valence-corrected chi connectivity index (χ1v) is 11.9. The minimum Gasteiger partial charge on any atom is -0.325 e. The maximum absolute atomic E-state index is 12.8. The zero-order chi connectivity index (χ0) is 21.7. The molecule has 2 aromatic carbocycles. The van der Waals surface area contributed by atoms with E-state index in [0.717, 1.165) is 32.4 Å². The predicted octanol–water partition coefficient (Wildman–Crippen LogP) is 1.80. The number of hydrogen-bond acceptors (Lipinski definition) is 3. The Morgan fingerprint density at radius 1 is 1.10 bits per heavy atom. The van der Waals surface area contributed by atoms with Crippen molar-refractivity contribution in [3.8, 4) is 0 Å². The van der Waals surface area contributed by atoms with Crippen LogP contribution in [-0.4, -0.2) is 51.9 Å². The quantitative estimate of drug-likeness (QED) is 0.704. The van der Waals surface area contributed by atoms with Crippen molar-refractivity contribution in [2.75, 3.05) is 32.5 Å². The molecule has 2 aromatic rings. The normalized spacial score (nSPS) is 20.7. The van der Waals surface area contributed by atoms with Crippen molar-refractivity contribution in [1.82, 2.24) is 4.31 Å². The lowest BCUT2D eigenvalue weighted by Gasteiger charge is -2.32. The van der Waals surface area contributed by atoms with Gasteiger partial charge < -0.3 is 10.2 Å². The van der Waals surface area contributed by atoms with Gasteiger partial charge in [-0.2, -0.15) is 0 Å². The van der Waals surface area contributed by atoms with E-state index in [2.05, 4.69) is 29.6 Å². The lowest BCUT2D eigenvalue weighted by Crippen LogP contribution is -3.17. The molecule has 0 unspecified atom stereocenters. The fourth-order valence-electron chi connectivity index (χ4n) is 4.01. The van der Waals surface area contributed by atoms with Crippen molar-refractivity contribution < 1.29 is 18.1 Å². The molecular weight excluding hydrogens is 398 g/mol. The third-order valence-corrected chi connectivity index (χ3v) is 7.81. The number of amides is 1. The molecule has 0 aliphatic carbocycles. The highest BCUT2D eigenvalue weighted by Crippen LogP contribution is 2.19. The monoisotopic (exact) mass is 430 g/mol. The van der Waals surface area contributed by atoms with Crippen LogP contribution in [0.5, 0.6) is 0 Å². The van der Waals surface area contributed by atoms with Crippen LogP contribution >= 0.6 is 0 Å². The van der Waals surface area contributed by atoms with Gasteiger partial charge in [0.15, 0.2) is 6.04 Å². The molecule has 1 heterocycles. The largest absolute Gasteiger partial charge is 0.325 e. The van der Waals surface area contributed by atoms with E-state index in [4.69, 9.17) is 0 Å². The van der Waals surface area contributed by atoms with Crippen LogP contribution in [0.2, 0.25) is 0 Å². The summed E-state index contributed by atoms with van der Waals surface area (Å²) in [6.45, 7) is 3.89. The number of sulfonamides is 1. The smallest absolute Gasteiger partial charge is 0.282 e. The van der Waals surface area contributed by atoms with Crippen LogP contribution in [0.3, 0.4) is 0 Å². The topological polar surface area (TPSA) is 70.9 Å². The van der Waals surface area contributed by atoms with E-state index in [-0.39, 0.29) is 16.8 Å². The number of piperidine rings is 1. The number of rotatable bonds is 7. The Kier molecular flexibility index (Phi) is 7.28. The fraction of sp³-hybridized carbons (Fsp3) is 0.435. The average molecular weight is 431 g/mol. The summed E-state index contributed by atoms with van der Waals surface area (Å²) in [5, 5.41) is 2.90.